The quantitative estimate of drug-likeness (QED) is 0.769. The van der Waals surface area contributed by atoms with Crippen molar-refractivity contribution in [1.82, 2.24) is 5.32 Å². The van der Waals surface area contributed by atoms with Crippen LogP contribution in [0.4, 0.5) is 5.69 Å². The van der Waals surface area contributed by atoms with E-state index in [9.17, 15) is 9.59 Å². The van der Waals surface area contributed by atoms with Gasteiger partial charge in [-0.05, 0) is 31.5 Å². The van der Waals surface area contributed by atoms with Crippen LogP contribution in [0.15, 0.2) is 18.2 Å². The largest absolute Gasteiger partial charge is 0.355 e. The van der Waals surface area contributed by atoms with Gasteiger partial charge in [0.2, 0.25) is 5.91 Å². The molecule has 0 aliphatic carbocycles. The first-order chi connectivity index (χ1) is 7.95. The van der Waals surface area contributed by atoms with Crippen molar-refractivity contribution in [3.8, 4) is 0 Å². The van der Waals surface area contributed by atoms with E-state index in [-0.39, 0.29) is 24.2 Å². The maximum atomic E-state index is 11.5. The maximum absolute atomic E-state index is 11.5. The van der Waals surface area contributed by atoms with Gasteiger partial charge in [-0.1, -0.05) is 6.07 Å². The topological polar surface area (TPSA) is 84.2 Å². The lowest BCUT2D eigenvalue weighted by Crippen LogP contribution is -2.32. The number of nitrogens with two attached hydrogens (primary N) is 1. The number of aryl methyl sites for hydroxylation is 1. The number of rotatable bonds is 3. The van der Waals surface area contributed by atoms with E-state index in [1.165, 1.54) is 0 Å². The summed E-state index contributed by atoms with van der Waals surface area (Å²) >= 11 is 0. The third kappa shape index (κ3) is 4.01. The number of carbonyl (C=O) groups is 2. The van der Waals surface area contributed by atoms with Crippen LogP contribution in [0.1, 0.15) is 22.8 Å². The van der Waals surface area contributed by atoms with Crippen molar-refractivity contribution in [2.24, 2.45) is 5.73 Å². The molecule has 0 unspecified atom stereocenters. The number of benzene rings is 1. The van der Waals surface area contributed by atoms with Gasteiger partial charge in [-0.2, -0.15) is 0 Å². The van der Waals surface area contributed by atoms with Crippen LogP contribution in [0, 0.1) is 6.92 Å². The molecule has 1 rings (SSSR count). The Labute approximate surface area is 113 Å². The van der Waals surface area contributed by atoms with Crippen LogP contribution in [-0.4, -0.2) is 24.9 Å². The molecule has 4 N–H and O–H groups in total. The second kappa shape index (κ2) is 6.98. The summed E-state index contributed by atoms with van der Waals surface area (Å²) in [7, 11) is 1.56. The highest BCUT2D eigenvalue weighted by atomic mass is 35.5. The van der Waals surface area contributed by atoms with Crippen LogP contribution in [0.3, 0.4) is 0 Å². The summed E-state index contributed by atoms with van der Waals surface area (Å²) in [5.74, 6) is -0.469. The van der Waals surface area contributed by atoms with Crippen LogP contribution >= 0.6 is 12.4 Å². The van der Waals surface area contributed by atoms with E-state index in [0.29, 0.717) is 11.3 Å². The first-order valence-electron chi connectivity index (χ1n) is 5.35. The van der Waals surface area contributed by atoms with Crippen LogP contribution in [0.5, 0.6) is 0 Å². The average molecular weight is 272 g/mol. The molecule has 0 fully saturated rings. The lowest BCUT2D eigenvalue weighted by Gasteiger charge is -2.11. The third-order valence-corrected chi connectivity index (χ3v) is 2.40. The SMILES string of the molecule is CNC(=O)c1ccc(C)c(NC(=O)[C@H](C)N)c1.Cl. The Morgan fingerprint density at radius 3 is 2.44 bits per heavy atom. The molecule has 1 atom stereocenters. The molecule has 0 heterocycles. The summed E-state index contributed by atoms with van der Waals surface area (Å²) in [6, 6.07) is 4.53. The maximum Gasteiger partial charge on any atom is 0.251 e. The van der Waals surface area contributed by atoms with Gasteiger partial charge in [0.05, 0.1) is 6.04 Å². The van der Waals surface area contributed by atoms with Crippen LogP contribution in [0.2, 0.25) is 0 Å². The minimum atomic E-state index is -0.585. The predicted octanol–water partition coefficient (Wildman–Crippen LogP) is 1.06. The number of carbonyl (C=O) groups excluding carboxylic acids is 2. The van der Waals surface area contributed by atoms with E-state index >= 15 is 0 Å². The zero-order valence-corrected chi connectivity index (χ0v) is 11.4. The van der Waals surface area contributed by atoms with Crippen molar-refractivity contribution in [3.63, 3.8) is 0 Å². The highest BCUT2D eigenvalue weighted by Gasteiger charge is 2.11. The Morgan fingerprint density at radius 1 is 1.33 bits per heavy atom. The summed E-state index contributed by atoms with van der Waals surface area (Å²) in [6.07, 6.45) is 0. The van der Waals surface area contributed by atoms with E-state index < -0.39 is 6.04 Å². The summed E-state index contributed by atoms with van der Waals surface area (Å²) in [5, 5.41) is 5.21. The van der Waals surface area contributed by atoms with Crippen LogP contribution in [0.25, 0.3) is 0 Å². The molecular formula is C12H18ClN3O2. The summed E-state index contributed by atoms with van der Waals surface area (Å²) < 4.78 is 0. The van der Waals surface area contributed by atoms with E-state index in [0.717, 1.165) is 5.56 Å². The molecule has 5 nitrogen and oxygen atoms in total. The molecule has 0 aliphatic heterocycles. The first kappa shape index (κ1) is 16.4. The molecule has 2 amide bonds. The number of halogens is 1. The Morgan fingerprint density at radius 2 is 1.94 bits per heavy atom. The monoisotopic (exact) mass is 271 g/mol. The van der Waals surface area contributed by atoms with Gasteiger partial charge in [0.25, 0.3) is 5.91 Å². The fraction of sp³-hybridized carbons (Fsp3) is 0.333. The second-order valence-corrected chi connectivity index (χ2v) is 3.89. The van der Waals surface area contributed by atoms with Gasteiger partial charge in [-0.3, -0.25) is 9.59 Å². The Kier molecular flexibility index (Phi) is 6.36. The molecule has 6 heteroatoms. The normalized spacial score (nSPS) is 11.1. The Bertz CT molecular complexity index is 447. The molecule has 0 saturated carbocycles. The second-order valence-electron chi connectivity index (χ2n) is 3.89. The molecule has 0 bridgehead atoms. The first-order valence-corrected chi connectivity index (χ1v) is 5.35. The number of anilines is 1. The van der Waals surface area contributed by atoms with Crippen molar-refractivity contribution in [2.45, 2.75) is 19.9 Å². The summed E-state index contributed by atoms with van der Waals surface area (Å²) in [4.78, 5) is 22.9. The fourth-order valence-corrected chi connectivity index (χ4v) is 1.29. The van der Waals surface area contributed by atoms with Gasteiger partial charge in [0.1, 0.15) is 0 Å². The molecule has 0 spiro atoms. The van der Waals surface area contributed by atoms with E-state index in [1.54, 1.807) is 32.2 Å². The van der Waals surface area contributed by atoms with E-state index in [4.69, 9.17) is 5.73 Å². The minimum absolute atomic E-state index is 0. The van der Waals surface area contributed by atoms with E-state index in [1.807, 2.05) is 6.92 Å². The fourth-order valence-electron chi connectivity index (χ4n) is 1.29. The number of nitrogens with one attached hydrogen (secondary N) is 2. The van der Waals surface area contributed by atoms with Gasteiger partial charge in [0.15, 0.2) is 0 Å². The van der Waals surface area contributed by atoms with Crippen molar-refractivity contribution in [3.05, 3.63) is 29.3 Å². The van der Waals surface area contributed by atoms with Gasteiger partial charge in [-0.25, -0.2) is 0 Å². The van der Waals surface area contributed by atoms with Gasteiger partial charge in [-0.15, -0.1) is 12.4 Å². The zero-order valence-electron chi connectivity index (χ0n) is 10.6. The van der Waals surface area contributed by atoms with Crippen molar-refractivity contribution < 1.29 is 9.59 Å². The van der Waals surface area contributed by atoms with E-state index in [2.05, 4.69) is 10.6 Å². The lowest BCUT2D eigenvalue weighted by atomic mass is 10.1. The minimum Gasteiger partial charge on any atom is -0.355 e. The van der Waals surface area contributed by atoms with Crippen molar-refractivity contribution in [1.29, 1.82) is 0 Å². The summed E-state index contributed by atoms with van der Waals surface area (Å²) in [5.41, 5.74) is 7.45. The molecular weight excluding hydrogens is 254 g/mol. The molecule has 18 heavy (non-hydrogen) atoms. The smallest absolute Gasteiger partial charge is 0.251 e. The highest BCUT2D eigenvalue weighted by molar-refractivity contribution is 5.98. The van der Waals surface area contributed by atoms with Crippen LogP contribution in [-0.2, 0) is 4.79 Å². The van der Waals surface area contributed by atoms with Gasteiger partial charge < -0.3 is 16.4 Å². The Hall–Kier alpha value is -1.59. The number of amides is 2. The molecule has 100 valence electrons. The van der Waals surface area contributed by atoms with Crippen molar-refractivity contribution in [2.75, 3.05) is 12.4 Å². The highest BCUT2D eigenvalue weighted by Crippen LogP contribution is 2.17. The average Bonchev–Trinajstić information content (AvgIpc) is 2.30. The van der Waals surface area contributed by atoms with Gasteiger partial charge >= 0.3 is 0 Å². The predicted molar refractivity (Wildman–Crippen MR) is 74.1 cm³/mol. The third-order valence-electron chi connectivity index (χ3n) is 2.40. The lowest BCUT2D eigenvalue weighted by molar-refractivity contribution is -0.117. The molecule has 0 saturated heterocycles. The molecule has 1 aromatic carbocycles. The van der Waals surface area contributed by atoms with Crippen molar-refractivity contribution >= 4 is 29.9 Å². The molecule has 0 aromatic heterocycles. The number of hydrogen-bond donors (Lipinski definition) is 3. The van der Waals surface area contributed by atoms with Gasteiger partial charge in [0, 0.05) is 18.3 Å². The molecule has 0 radical (unpaired) electrons. The Balaban J connectivity index is 0.00000289. The molecule has 0 aliphatic rings. The number of hydrogen-bond acceptors (Lipinski definition) is 3. The summed E-state index contributed by atoms with van der Waals surface area (Å²) in [6.45, 7) is 3.46. The zero-order chi connectivity index (χ0) is 13.0. The van der Waals surface area contributed by atoms with Crippen LogP contribution < -0.4 is 16.4 Å². The molecule has 1 aromatic rings. The standard InChI is InChI=1S/C12H17N3O2.ClH/c1-7-4-5-9(12(17)14-3)6-10(7)15-11(16)8(2)13;/h4-6,8H,13H2,1-3H3,(H,14,17)(H,15,16);1H/t8-;/m0./s1.